The van der Waals surface area contributed by atoms with E-state index in [0.717, 1.165) is 30.8 Å². The van der Waals surface area contributed by atoms with Crippen LogP contribution >= 0.6 is 0 Å². The molecule has 27 heavy (non-hydrogen) atoms. The van der Waals surface area contributed by atoms with Crippen LogP contribution in [0.15, 0.2) is 54.6 Å². The van der Waals surface area contributed by atoms with E-state index in [-0.39, 0.29) is 18.4 Å². The molecule has 3 rings (SSSR count). The van der Waals surface area contributed by atoms with E-state index >= 15 is 0 Å². The number of nitrogens with one attached hydrogen (secondary N) is 2. The third-order valence-electron chi connectivity index (χ3n) is 4.39. The Morgan fingerprint density at radius 2 is 1.78 bits per heavy atom. The van der Waals surface area contributed by atoms with Crippen LogP contribution in [-0.2, 0) is 9.59 Å². The van der Waals surface area contributed by atoms with Gasteiger partial charge in [0.1, 0.15) is 5.75 Å². The van der Waals surface area contributed by atoms with Crippen LogP contribution in [0.4, 0.5) is 11.4 Å². The fourth-order valence-electron chi connectivity index (χ4n) is 2.96. The lowest BCUT2D eigenvalue weighted by Gasteiger charge is -2.15. The number of ether oxygens (including phenoxy) is 1. The smallest absolute Gasteiger partial charge is 0.257 e. The molecule has 0 radical (unpaired) electrons. The number of hydrogen-bond donors (Lipinski definition) is 2. The zero-order valence-electron chi connectivity index (χ0n) is 15.3. The van der Waals surface area contributed by atoms with Gasteiger partial charge in [0.05, 0.1) is 0 Å². The summed E-state index contributed by atoms with van der Waals surface area (Å²) in [5, 5.41) is 6.12. The van der Waals surface area contributed by atoms with Gasteiger partial charge in [0, 0.05) is 37.4 Å². The number of carbonyl (C=O) groups is 2. The maximum absolute atomic E-state index is 11.9. The second-order valence-corrected chi connectivity index (χ2v) is 6.49. The Morgan fingerprint density at radius 1 is 1.04 bits per heavy atom. The molecular weight excluding hydrogens is 342 g/mol. The molecule has 1 saturated heterocycles. The summed E-state index contributed by atoms with van der Waals surface area (Å²) in [4.78, 5) is 25.2. The Kier molecular flexibility index (Phi) is 6.68. The van der Waals surface area contributed by atoms with Crippen LogP contribution in [0.1, 0.15) is 19.3 Å². The van der Waals surface area contributed by atoms with Crippen molar-refractivity contribution in [1.29, 1.82) is 0 Å². The van der Waals surface area contributed by atoms with Crippen molar-refractivity contribution in [3.05, 3.63) is 54.6 Å². The first kappa shape index (κ1) is 18.8. The second-order valence-electron chi connectivity index (χ2n) is 6.49. The van der Waals surface area contributed by atoms with E-state index in [2.05, 4.69) is 10.6 Å². The van der Waals surface area contributed by atoms with E-state index in [1.807, 2.05) is 59.5 Å². The first-order valence-corrected chi connectivity index (χ1v) is 9.30. The lowest BCUT2D eigenvalue weighted by atomic mass is 10.2. The second kappa shape index (κ2) is 9.62. The Labute approximate surface area is 159 Å². The molecule has 6 nitrogen and oxygen atoms in total. The minimum atomic E-state index is -0.158. The highest BCUT2D eigenvalue weighted by Crippen LogP contribution is 2.19. The van der Waals surface area contributed by atoms with Gasteiger partial charge in [0.25, 0.3) is 5.91 Å². The molecule has 0 saturated carbocycles. The number of nitrogens with zero attached hydrogens (tertiary/aromatic N) is 1. The summed E-state index contributed by atoms with van der Waals surface area (Å²) in [6, 6.07) is 17.4. The number of para-hydroxylation sites is 1. The van der Waals surface area contributed by atoms with Crippen LogP contribution in [0.25, 0.3) is 0 Å². The van der Waals surface area contributed by atoms with Gasteiger partial charge in [-0.15, -0.1) is 0 Å². The van der Waals surface area contributed by atoms with Gasteiger partial charge in [0.15, 0.2) is 6.61 Å². The van der Waals surface area contributed by atoms with Crippen LogP contribution in [0, 0.1) is 0 Å². The van der Waals surface area contributed by atoms with Gasteiger partial charge in [-0.1, -0.05) is 18.2 Å². The van der Waals surface area contributed by atoms with E-state index in [4.69, 9.17) is 4.74 Å². The predicted octanol–water partition coefficient (Wildman–Crippen LogP) is 2.94. The molecule has 0 aromatic heterocycles. The summed E-state index contributed by atoms with van der Waals surface area (Å²) in [5.74, 6) is 0.704. The number of benzene rings is 2. The highest BCUT2D eigenvalue weighted by atomic mass is 16.5. The number of likely N-dealkylation sites (tertiary alicyclic amines) is 1. The average molecular weight is 367 g/mol. The van der Waals surface area contributed by atoms with Crippen molar-refractivity contribution in [1.82, 2.24) is 10.2 Å². The molecule has 0 atom stereocenters. The zero-order valence-corrected chi connectivity index (χ0v) is 15.3. The SMILES string of the molecule is O=C(COc1ccc(Nc2ccccc2)cc1)NCCCN1CCCC1=O. The first-order valence-electron chi connectivity index (χ1n) is 9.30. The molecule has 2 N–H and O–H groups in total. The molecule has 0 unspecified atom stereocenters. The minimum absolute atomic E-state index is 0.0197. The third kappa shape index (κ3) is 6.02. The number of anilines is 2. The number of carbonyl (C=O) groups excluding carboxylic acids is 2. The highest BCUT2D eigenvalue weighted by Gasteiger charge is 2.18. The molecule has 1 aliphatic rings. The summed E-state index contributed by atoms with van der Waals surface area (Å²) >= 11 is 0. The summed E-state index contributed by atoms with van der Waals surface area (Å²) in [5.41, 5.74) is 1.97. The van der Waals surface area contributed by atoms with Crippen LogP contribution < -0.4 is 15.4 Å². The highest BCUT2D eigenvalue weighted by molar-refractivity contribution is 5.78. The van der Waals surface area contributed by atoms with Crippen LogP contribution in [-0.4, -0.2) is 43.0 Å². The molecule has 1 fully saturated rings. The van der Waals surface area contributed by atoms with Gasteiger partial charge < -0.3 is 20.3 Å². The topological polar surface area (TPSA) is 70.7 Å². The summed E-state index contributed by atoms with van der Waals surface area (Å²) in [6.45, 7) is 2.07. The molecule has 0 spiro atoms. The summed E-state index contributed by atoms with van der Waals surface area (Å²) in [6.07, 6.45) is 2.36. The molecule has 0 bridgehead atoms. The van der Waals surface area contributed by atoms with Crippen LogP contribution in [0.2, 0.25) is 0 Å². The Bertz CT molecular complexity index is 747. The van der Waals surface area contributed by atoms with Crippen molar-refractivity contribution in [2.45, 2.75) is 19.3 Å². The molecule has 6 heteroatoms. The third-order valence-corrected chi connectivity index (χ3v) is 4.39. The maximum Gasteiger partial charge on any atom is 0.257 e. The van der Waals surface area contributed by atoms with E-state index in [1.54, 1.807) is 0 Å². The van der Waals surface area contributed by atoms with Crippen molar-refractivity contribution < 1.29 is 14.3 Å². The van der Waals surface area contributed by atoms with Gasteiger partial charge in [-0.3, -0.25) is 9.59 Å². The lowest BCUT2D eigenvalue weighted by molar-refractivity contribution is -0.127. The molecule has 1 aliphatic heterocycles. The molecule has 1 heterocycles. The minimum Gasteiger partial charge on any atom is -0.484 e. The van der Waals surface area contributed by atoms with Crippen LogP contribution in [0.5, 0.6) is 5.75 Å². The van der Waals surface area contributed by atoms with Crippen molar-refractivity contribution in [2.75, 3.05) is 31.6 Å². The normalized spacial score (nSPS) is 13.5. The van der Waals surface area contributed by atoms with E-state index in [0.29, 0.717) is 25.3 Å². The number of hydrogen-bond acceptors (Lipinski definition) is 4. The Morgan fingerprint density at radius 3 is 2.48 bits per heavy atom. The predicted molar refractivity (Wildman–Crippen MR) is 105 cm³/mol. The molecule has 2 aromatic rings. The van der Waals surface area contributed by atoms with Crippen molar-refractivity contribution in [2.24, 2.45) is 0 Å². The monoisotopic (exact) mass is 367 g/mol. The largest absolute Gasteiger partial charge is 0.484 e. The van der Waals surface area contributed by atoms with E-state index < -0.39 is 0 Å². The fourth-order valence-corrected chi connectivity index (χ4v) is 2.96. The molecule has 0 aliphatic carbocycles. The molecular formula is C21H25N3O3. The van der Waals surface area contributed by atoms with E-state index in [1.165, 1.54) is 0 Å². The standard InChI is InChI=1S/C21H25N3O3/c25-20(22-13-5-15-24-14-4-8-21(24)26)16-27-19-11-9-18(10-12-19)23-17-6-2-1-3-7-17/h1-3,6-7,9-12,23H,4-5,8,13-16H2,(H,22,25). The number of rotatable bonds is 9. The van der Waals surface area contributed by atoms with Crippen molar-refractivity contribution in [3.8, 4) is 5.75 Å². The Hall–Kier alpha value is -3.02. The summed E-state index contributed by atoms with van der Waals surface area (Å²) in [7, 11) is 0. The van der Waals surface area contributed by atoms with Gasteiger partial charge in [-0.25, -0.2) is 0 Å². The maximum atomic E-state index is 11.9. The fraction of sp³-hybridized carbons (Fsp3) is 0.333. The molecule has 2 amide bonds. The molecule has 142 valence electrons. The average Bonchev–Trinajstić information content (AvgIpc) is 3.10. The van der Waals surface area contributed by atoms with Crippen molar-refractivity contribution >= 4 is 23.2 Å². The van der Waals surface area contributed by atoms with E-state index in [9.17, 15) is 9.59 Å². The zero-order chi connectivity index (χ0) is 18.9. The Balaban J connectivity index is 1.33. The van der Waals surface area contributed by atoms with Crippen molar-refractivity contribution in [3.63, 3.8) is 0 Å². The molecule has 2 aromatic carbocycles. The van der Waals surface area contributed by atoms with Crippen LogP contribution in [0.3, 0.4) is 0 Å². The lowest BCUT2D eigenvalue weighted by Crippen LogP contribution is -2.33. The van der Waals surface area contributed by atoms with Gasteiger partial charge in [-0.2, -0.15) is 0 Å². The van der Waals surface area contributed by atoms with Gasteiger partial charge in [0.2, 0.25) is 5.91 Å². The quantitative estimate of drug-likeness (QED) is 0.669. The first-order chi connectivity index (χ1) is 13.2. The van der Waals surface area contributed by atoms with Gasteiger partial charge >= 0.3 is 0 Å². The van der Waals surface area contributed by atoms with Gasteiger partial charge in [-0.05, 0) is 49.2 Å². The summed E-state index contributed by atoms with van der Waals surface area (Å²) < 4.78 is 5.52. The number of amides is 2.